The van der Waals surface area contributed by atoms with Gasteiger partial charge in [0.2, 0.25) is 0 Å². The molecule has 112 valence electrons. The lowest BCUT2D eigenvalue weighted by Crippen LogP contribution is -2.35. The van der Waals surface area contributed by atoms with Crippen molar-refractivity contribution in [2.45, 2.75) is 6.42 Å². The summed E-state index contributed by atoms with van der Waals surface area (Å²) in [4.78, 5) is 1.87. The normalized spacial score (nSPS) is 9.86. The Balaban J connectivity index is 2.20. The molecule has 0 aliphatic rings. The average Bonchev–Trinajstić information content (AvgIpc) is 2.47. The van der Waals surface area contributed by atoms with Crippen molar-refractivity contribution in [1.82, 2.24) is 0 Å². The summed E-state index contributed by atoms with van der Waals surface area (Å²) < 4.78 is 0. The molecule has 0 amide bonds. The maximum Gasteiger partial charge on any atom is 0.177 e. The first-order valence-electron chi connectivity index (χ1n) is 6.57. The predicted octanol–water partition coefficient (Wildman–Crippen LogP) is 5.11. The highest BCUT2D eigenvalue weighted by Gasteiger charge is 2.12. The van der Waals surface area contributed by atoms with Gasteiger partial charge < -0.3 is 10.2 Å². The highest BCUT2D eigenvalue weighted by molar-refractivity contribution is 7.80. The zero-order valence-electron chi connectivity index (χ0n) is 11.6. The van der Waals surface area contributed by atoms with Gasteiger partial charge in [-0.2, -0.15) is 5.26 Å². The number of hydrogen-bond acceptors (Lipinski definition) is 2. The van der Waals surface area contributed by atoms with Crippen LogP contribution in [0.25, 0.3) is 0 Å². The van der Waals surface area contributed by atoms with Crippen LogP contribution >= 0.6 is 35.4 Å². The minimum absolute atomic E-state index is 0.368. The number of nitriles is 1. The lowest BCUT2D eigenvalue weighted by Gasteiger charge is -2.25. The van der Waals surface area contributed by atoms with E-state index in [0.29, 0.717) is 33.8 Å². The Bertz CT molecular complexity index is 678. The number of para-hydroxylation sites is 1. The summed E-state index contributed by atoms with van der Waals surface area (Å²) >= 11 is 17.4. The van der Waals surface area contributed by atoms with E-state index in [0.717, 1.165) is 5.69 Å². The number of hydrogen-bond donors (Lipinski definition) is 1. The summed E-state index contributed by atoms with van der Waals surface area (Å²) in [7, 11) is 0. The molecule has 1 N–H and O–H groups in total. The number of nitrogens with one attached hydrogen (secondary N) is 1. The highest BCUT2D eigenvalue weighted by atomic mass is 35.5. The van der Waals surface area contributed by atoms with E-state index in [2.05, 4.69) is 11.4 Å². The van der Waals surface area contributed by atoms with Crippen molar-refractivity contribution >= 4 is 51.9 Å². The Morgan fingerprint density at radius 1 is 1.14 bits per heavy atom. The minimum Gasteiger partial charge on any atom is -0.332 e. The zero-order valence-corrected chi connectivity index (χ0v) is 13.9. The first-order valence-corrected chi connectivity index (χ1v) is 7.73. The van der Waals surface area contributed by atoms with Gasteiger partial charge in [0.25, 0.3) is 0 Å². The van der Waals surface area contributed by atoms with Crippen LogP contribution in [0.3, 0.4) is 0 Å². The molecule has 2 aromatic rings. The van der Waals surface area contributed by atoms with Crippen molar-refractivity contribution in [3.05, 3.63) is 58.6 Å². The predicted molar refractivity (Wildman–Crippen MR) is 96.7 cm³/mol. The largest absolute Gasteiger partial charge is 0.332 e. The molecule has 0 aromatic heterocycles. The zero-order chi connectivity index (χ0) is 15.9. The summed E-state index contributed by atoms with van der Waals surface area (Å²) in [5, 5.41) is 13.5. The molecule has 6 heteroatoms. The smallest absolute Gasteiger partial charge is 0.177 e. The molecule has 0 bridgehead atoms. The number of rotatable bonds is 4. The van der Waals surface area contributed by atoms with E-state index < -0.39 is 0 Å². The molecule has 0 radical (unpaired) electrons. The van der Waals surface area contributed by atoms with Gasteiger partial charge in [-0.1, -0.05) is 41.4 Å². The third kappa shape index (κ3) is 4.60. The van der Waals surface area contributed by atoms with Gasteiger partial charge in [0.1, 0.15) is 0 Å². The van der Waals surface area contributed by atoms with Crippen LogP contribution in [0.15, 0.2) is 48.5 Å². The van der Waals surface area contributed by atoms with Crippen molar-refractivity contribution in [2.24, 2.45) is 0 Å². The maximum absolute atomic E-state index is 8.83. The van der Waals surface area contributed by atoms with E-state index >= 15 is 0 Å². The van der Waals surface area contributed by atoms with Crippen molar-refractivity contribution < 1.29 is 0 Å². The lowest BCUT2D eigenvalue weighted by molar-refractivity contribution is 0.977. The molecule has 0 heterocycles. The van der Waals surface area contributed by atoms with E-state index in [4.69, 9.17) is 40.7 Å². The highest BCUT2D eigenvalue weighted by Crippen LogP contribution is 2.23. The fourth-order valence-corrected chi connectivity index (χ4v) is 2.78. The van der Waals surface area contributed by atoms with Gasteiger partial charge in [-0.05, 0) is 42.5 Å². The standard InChI is InChI=1S/C16H13Cl2N3S/c17-12-9-13(18)11-14(10-12)20-16(22)21(8-4-7-19)15-5-2-1-3-6-15/h1-3,5-6,9-11H,4,8H2,(H,20,22). The summed E-state index contributed by atoms with van der Waals surface area (Å²) in [5.74, 6) is 0. The van der Waals surface area contributed by atoms with Crippen LogP contribution in [0, 0.1) is 11.3 Å². The van der Waals surface area contributed by atoms with Gasteiger partial charge in [-0.3, -0.25) is 0 Å². The van der Waals surface area contributed by atoms with Crippen molar-refractivity contribution in [2.75, 3.05) is 16.8 Å². The molecule has 22 heavy (non-hydrogen) atoms. The molecule has 2 rings (SSSR count). The summed E-state index contributed by atoms with van der Waals surface area (Å²) in [5.41, 5.74) is 1.63. The van der Waals surface area contributed by atoms with Crippen LogP contribution in [0.5, 0.6) is 0 Å². The fourth-order valence-electron chi connectivity index (χ4n) is 1.93. The summed E-state index contributed by atoms with van der Waals surface area (Å²) in [6, 6.07) is 16.9. The van der Waals surface area contributed by atoms with Crippen LogP contribution < -0.4 is 10.2 Å². The second-order valence-corrected chi connectivity index (χ2v) is 5.74. The topological polar surface area (TPSA) is 39.1 Å². The fraction of sp³-hybridized carbons (Fsp3) is 0.125. The Kier molecular flexibility index (Phi) is 6.02. The quantitative estimate of drug-likeness (QED) is 0.778. The Morgan fingerprint density at radius 2 is 1.77 bits per heavy atom. The molecule has 0 saturated carbocycles. The van der Waals surface area contributed by atoms with Crippen molar-refractivity contribution in [3.8, 4) is 6.07 Å². The molecule has 0 aliphatic carbocycles. The van der Waals surface area contributed by atoms with Crippen LogP contribution in [0.2, 0.25) is 10.0 Å². The number of benzene rings is 2. The van der Waals surface area contributed by atoms with Crippen LogP contribution in [-0.4, -0.2) is 11.7 Å². The number of anilines is 2. The second-order valence-electron chi connectivity index (χ2n) is 4.48. The molecule has 0 fully saturated rings. The monoisotopic (exact) mass is 349 g/mol. The summed E-state index contributed by atoms with van der Waals surface area (Å²) in [6.07, 6.45) is 0.368. The minimum atomic E-state index is 0.368. The Morgan fingerprint density at radius 3 is 2.36 bits per heavy atom. The van der Waals surface area contributed by atoms with Crippen LogP contribution in [-0.2, 0) is 0 Å². The van der Waals surface area contributed by atoms with E-state index in [1.807, 2.05) is 35.2 Å². The van der Waals surface area contributed by atoms with E-state index in [9.17, 15) is 0 Å². The molecule has 0 atom stereocenters. The van der Waals surface area contributed by atoms with Crippen molar-refractivity contribution in [3.63, 3.8) is 0 Å². The van der Waals surface area contributed by atoms with Gasteiger partial charge in [0.05, 0.1) is 12.5 Å². The van der Waals surface area contributed by atoms with Gasteiger partial charge >= 0.3 is 0 Å². The molecule has 0 saturated heterocycles. The molecule has 0 spiro atoms. The van der Waals surface area contributed by atoms with E-state index in [1.165, 1.54) is 0 Å². The number of halogens is 2. The molecular formula is C16H13Cl2N3S. The first-order chi connectivity index (χ1) is 10.6. The molecule has 0 unspecified atom stereocenters. The molecule has 3 nitrogen and oxygen atoms in total. The van der Waals surface area contributed by atoms with Crippen LogP contribution in [0.1, 0.15) is 6.42 Å². The molecule has 0 aliphatic heterocycles. The van der Waals surface area contributed by atoms with Gasteiger partial charge in [-0.25, -0.2) is 0 Å². The van der Waals surface area contributed by atoms with Gasteiger partial charge in [0, 0.05) is 28.0 Å². The molecule has 2 aromatic carbocycles. The van der Waals surface area contributed by atoms with E-state index in [-0.39, 0.29) is 0 Å². The Labute approximate surface area is 145 Å². The second kappa shape index (κ2) is 8.00. The lowest BCUT2D eigenvalue weighted by atomic mass is 10.2. The molecular weight excluding hydrogens is 337 g/mol. The SMILES string of the molecule is N#CCCN(C(=S)Nc1cc(Cl)cc(Cl)c1)c1ccccc1. The number of nitrogens with zero attached hydrogens (tertiary/aromatic N) is 2. The number of thiocarbonyl (C=S) groups is 1. The third-order valence-electron chi connectivity index (χ3n) is 2.87. The van der Waals surface area contributed by atoms with Gasteiger partial charge in [-0.15, -0.1) is 0 Å². The summed E-state index contributed by atoms with van der Waals surface area (Å²) in [6.45, 7) is 0.501. The van der Waals surface area contributed by atoms with Crippen LogP contribution in [0.4, 0.5) is 11.4 Å². The first kappa shape index (κ1) is 16.6. The van der Waals surface area contributed by atoms with Gasteiger partial charge in [0.15, 0.2) is 5.11 Å². The maximum atomic E-state index is 8.83. The Hall–Kier alpha value is -1.80. The third-order valence-corrected chi connectivity index (χ3v) is 3.63. The average molecular weight is 350 g/mol. The van der Waals surface area contributed by atoms with E-state index in [1.54, 1.807) is 18.2 Å². The van der Waals surface area contributed by atoms with Crippen molar-refractivity contribution in [1.29, 1.82) is 5.26 Å².